The third kappa shape index (κ3) is 2.94. The number of nitrogens with one attached hydrogen (secondary N) is 1. The number of hydrogen-bond acceptors (Lipinski definition) is 7. The van der Waals surface area contributed by atoms with Crippen molar-refractivity contribution in [1.82, 2.24) is 9.38 Å². The minimum absolute atomic E-state index is 0.114. The highest BCUT2D eigenvalue weighted by Crippen LogP contribution is 2.29. The molecule has 0 spiro atoms. The van der Waals surface area contributed by atoms with Crippen molar-refractivity contribution in [2.45, 2.75) is 6.92 Å². The van der Waals surface area contributed by atoms with Crippen molar-refractivity contribution in [3.8, 4) is 5.75 Å². The average Bonchev–Trinajstić information content (AvgIpc) is 2.97. The number of thiazole rings is 1. The van der Waals surface area contributed by atoms with Gasteiger partial charge in [0.2, 0.25) is 0 Å². The maximum Gasteiger partial charge on any atom is 0.273 e. The number of non-ortho nitro benzene ring substituents is 1. The maximum absolute atomic E-state index is 12.5. The van der Waals surface area contributed by atoms with Crippen LogP contribution in [0.15, 0.2) is 34.6 Å². The van der Waals surface area contributed by atoms with Gasteiger partial charge in [-0.05, 0) is 13.0 Å². The van der Waals surface area contributed by atoms with Gasteiger partial charge in [0.25, 0.3) is 17.2 Å². The number of aromatic nitrogens is 2. The van der Waals surface area contributed by atoms with Crippen molar-refractivity contribution in [1.29, 1.82) is 0 Å². The summed E-state index contributed by atoms with van der Waals surface area (Å²) < 4.78 is 6.42. The Kier molecular flexibility index (Phi) is 4.19. The fraction of sp³-hybridized carbons (Fsp3) is 0.133. The van der Waals surface area contributed by atoms with E-state index in [2.05, 4.69) is 10.3 Å². The van der Waals surface area contributed by atoms with Crippen molar-refractivity contribution in [2.75, 3.05) is 12.4 Å². The molecule has 0 atom stereocenters. The lowest BCUT2D eigenvalue weighted by Crippen LogP contribution is -2.26. The van der Waals surface area contributed by atoms with Gasteiger partial charge in [0.1, 0.15) is 11.3 Å². The predicted octanol–water partition coefficient (Wildman–Crippen LogP) is 2.23. The van der Waals surface area contributed by atoms with E-state index in [4.69, 9.17) is 4.74 Å². The van der Waals surface area contributed by atoms with Crippen LogP contribution in [0.4, 0.5) is 11.4 Å². The highest BCUT2D eigenvalue weighted by molar-refractivity contribution is 7.15. The van der Waals surface area contributed by atoms with Crippen LogP contribution >= 0.6 is 11.3 Å². The van der Waals surface area contributed by atoms with Gasteiger partial charge in [-0.2, -0.15) is 0 Å². The standard InChI is InChI=1S/C15H12N4O5S/c1-8-7-25-15-16-6-10(14(21)18(8)15)13(20)17-11-4-3-9(19(22)23)5-12(11)24-2/h3-7H,1-2H3,(H,17,20). The van der Waals surface area contributed by atoms with E-state index in [1.165, 1.54) is 47.2 Å². The average molecular weight is 360 g/mol. The summed E-state index contributed by atoms with van der Waals surface area (Å²) >= 11 is 1.30. The first-order chi connectivity index (χ1) is 11.9. The van der Waals surface area contributed by atoms with E-state index >= 15 is 0 Å². The molecular formula is C15H12N4O5S. The van der Waals surface area contributed by atoms with Crippen LogP contribution in [0.2, 0.25) is 0 Å². The number of ether oxygens (including phenoxy) is 1. The first-order valence-corrected chi connectivity index (χ1v) is 7.90. The Morgan fingerprint density at radius 2 is 2.20 bits per heavy atom. The second-order valence-electron chi connectivity index (χ2n) is 5.07. The summed E-state index contributed by atoms with van der Waals surface area (Å²) in [5, 5.41) is 15.1. The van der Waals surface area contributed by atoms with Gasteiger partial charge < -0.3 is 10.1 Å². The fourth-order valence-electron chi connectivity index (χ4n) is 2.27. The van der Waals surface area contributed by atoms with E-state index in [0.717, 1.165) is 0 Å². The van der Waals surface area contributed by atoms with Gasteiger partial charge in [-0.1, -0.05) is 0 Å². The number of fused-ring (bicyclic) bond motifs is 1. The molecule has 0 aliphatic rings. The molecule has 0 saturated carbocycles. The van der Waals surface area contributed by atoms with Crippen molar-refractivity contribution in [2.24, 2.45) is 0 Å². The Morgan fingerprint density at radius 3 is 2.88 bits per heavy atom. The molecule has 0 radical (unpaired) electrons. The van der Waals surface area contributed by atoms with E-state index in [1.54, 1.807) is 12.3 Å². The molecule has 10 heteroatoms. The second-order valence-corrected chi connectivity index (χ2v) is 5.90. The van der Waals surface area contributed by atoms with Crippen LogP contribution < -0.4 is 15.6 Å². The topological polar surface area (TPSA) is 116 Å². The summed E-state index contributed by atoms with van der Waals surface area (Å²) in [5.74, 6) is -0.562. The molecule has 1 aromatic carbocycles. The summed E-state index contributed by atoms with van der Waals surface area (Å²) in [6.07, 6.45) is 1.21. The number of benzene rings is 1. The molecule has 0 unspecified atom stereocenters. The highest BCUT2D eigenvalue weighted by Gasteiger charge is 2.18. The number of nitrogens with zero attached hydrogens (tertiary/aromatic N) is 3. The normalized spacial score (nSPS) is 10.6. The smallest absolute Gasteiger partial charge is 0.273 e. The van der Waals surface area contributed by atoms with E-state index in [1.807, 2.05) is 0 Å². The van der Waals surface area contributed by atoms with Crippen molar-refractivity contribution >= 4 is 33.6 Å². The lowest BCUT2D eigenvalue weighted by Gasteiger charge is -2.09. The van der Waals surface area contributed by atoms with Crippen LogP contribution in [0.1, 0.15) is 16.1 Å². The third-order valence-electron chi connectivity index (χ3n) is 3.51. The number of carbonyl (C=O) groups excluding carboxylic acids is 1. The second kappa shape index (κ2) is 6.32. The van der Waals surface area contributed by atoms with E-state index in [0.29, 0.717) is 10.7 Å². The van der Waals surface area contributed by atoms with Crippen molar-refractivity contribution in [3.05, 3.63) is 61.5 Å². The number of nitro benzene ring substituents is 1. The maximum atomic E-state index is 12.5. The monoisotopic (exact) mass is 360 g/mol. The number of aryl methyl sites for hydroxylation is 1. The molecule has 0 bridgehead atoms. The molecule has 2 aromatic heterocycles. The predicted molar refractivity (Wildman–Crippen MR) is 91.7 cm³/mol. The lowest BCUT2D eigenvalue weighted by atomic mass is 10.2. The number of hydrogen-bond donors (Lipinski definition) is 1. The Labute approximate surface area is 144 Å². The third-order valence-corrected chi connectivity index (χ3v) is 4.46. The molecule has 0 fully saturated rings. The van der Waals surface area contributed by atoms with Gasteiger partial charge in [0, 0.05) is 23.3 Å². The molecule has 0 aliphatic carbocycles. The van der Waals surface area contributed by atoms with Crippen LogP contribution in [-0.2, 0) is 0 Å². The molecule has 3 aromatic rings. The Balaban J connectivity index is 1.98. The largest absolute Gasteiger partial charge is 0.494 e. The Morgan fingerprint density at radius 1 is 1.44 bits per heavy atom. The van der Waals surface area contributed by atoms with E-state index in [9.17, 15) is 19.7 Å². The molecule has 128 valence electrons. The zero-order chi connectivity index (χ0) is 18.1. The molecule has 25 heavy (non-hydrogen) atoms. The first-order valence-electron chi connectivity index (χ1n) is 7.02. The zero-order valence-electron chi connectivity index (χ0n) is 13.2. The number of anilines is 1. The summed E-state index contributed by atoms with van der Waals surface area (Å²) in [6, 6.07) is 3.76. The number of nitro groups is 1. The number of methoxy groups -OCH3 is 1. The van der Waals surface area contributed by atoms with Gasteiger partial charge in [-0.15, -0.1) is 11.3 Å². The van der Waals surface area contributed by atoms with Gasteiger partial charge in [-0.3, -0.25) is 24.1 Å². The number of rotatable bonds is 4. The molecule has 2 heterocycles. The summed E-state index contributed by atoms with van der Waals surface area (Å²) in [4.78, 5) is 39.8. The van der Waals surface area contributed by atoms with Gasteiger partial charge in [-0.25, -0.2) is 4.98 Å². The summed E-state index contributed by atoms with van der Waals surface area (Å²) in [5.41, 5.74) is 0.0955. The van der Waals surface area contributed by atoms with Crippen molar-refractivity contribution in [3.63, 3.8) is 0 Å². The summed E-state index contributed by atoms with van der Waals surface area (Å²) in [7, 11) is 1.33. The Hall–Kier alpha value is -3.27. The highest BCUT2D eigenvalue weighted by atomic mass is 32.1. The summed E-state index contributed by atoms with van der Waals surface area (Å²) in [6.45, 7) is 1.74. The molecule has 9 nitrogen and oxygen atoms in total. The molecule has 1 N–H and O–H groups in total. The molecule has 0 saturated heterocycles. The van der Waals surface area contributed by atoms with E-state index < -0.39 is 16.4 Å². The van der Waals surface area contributed by atoms with Crippen LogP contribution in [0.5, 0.6) is 5.75 Å². The number of carbonyl (C=O) groups is 1. The SMILES string of the molecule is COc1cc([N+](=O)[O-])ccc1NC(=O)c1cnc2scc(C)n2c1=O. The molecular weight excluding hydrogens is 348 g/mol. The van der Waals surface area contributed by atoms with Crippen LogP contribution in [0, 0.1) is 17.0 Å². The fourth-order valence-corrected chi connectivity index (χ4v) is 3.09. The minimum atomic E-state index is -0.676. The van der Waals surface area contributed by atoms with Gasteiger partial charge >= 0.3 is 0 Å². The minimum Gasteiger partial charge on any atom is -0.494 e. The number of amides is 1. The Bertz CT molecular complexity index is 1060. The first kappa shape index (κ1) is 16.6. The zero-order valence-corrected chi connectivity index (χ0v) is 14.0. The van der Waals surface area contributed by atoms with Gasteiger partial charge in [0.05, 0.1) is 23.8 Å². The van der Waals surface area contributed by atoms with Crippen LogP contribution in [-0.4, -0.2) is 27.3 Å². The van der Waals surface area contributed by atoms with Crippen LogP contribution in [0.25, 0.3) is 4.96 Å². The molecule has 1 amide bonds. The molecule has 3 rings (SSSR count). The van der Waals surface area contributed by atoms with Crippen LogP contribution in [0.3, 0.4) is 0 Å². The lowest BCUT2D eigenvalue weighted by molar-refractivity contribution is -0.384. The quantitative estimate of drug-likeness (QED) is 0.563. The van der Waals surface area contributed by atoms with E-state index in [-0.39, 0.29) is 22.7 Å². The van der Waals surface area contributed by atoms with Crippen molar-refractivity contribution < 1.29 is 14.5 Å². The van der Waals surface area contributed by atoms with Gasteiger partial charge in [0.15, 0.2) is 4.96 Å². The molecule has 0 aliphatic heterocycles.